The number of ether oxygens (including phenoxy) is 1. The highest BCUT2D eigenvalue weighted by Crippen LogP contribution is 2.25. The number of rotatable bonds is 5. The molecule has 162 valence electrons. The molecule has 0 atom stereocenters. The van der Waals surface area contributed by atoms with Crippen molar-refractivity contribution in [2.75, 3.05) is 5.32 Å². The van der Waals surface area contributed by atoms with Crippen LogP contribution in [0.25, 0.3) is 5.82 Å². The highest BCUT2D eigenvalue weighted by Gasteiger charge is 2.16. The summed E-state index contributed by atoms with van der Waals surface area (Å²) in [6, 6.07) is 12.4. The van der Waals surface area contributed by atoms with Gasteiger partial charge >= 0.3 is 0 Å². The molecule has 2 heterocycles. The normalized spacial score (nSPS) is 10.8. The van der Waals surface area contributed by atoms with Gasteiger partial charge in [-0.2, -0.15) is 4.98 Å². The molecule has 0 aliphatic heterocycles. The van der Waals surface area contributed by atoms with Crippen molar-refractivity contribution >= 4 is 23.2 Å². The van der Waals surface area contributed by atoms with Crippen molar-refractivity contribution in [1.29, 1.82) is 0 Å². The Labute approximate surface area is 188 Å². The van der Waals surface area contributed by atoms with E-state index in [9.17, 15) is 9.18 Å². The highest BCUT2D eigenvalue weighted by molar-refractivity contribution is 6.34. The zero-order chi connectivity index (χ0) is 22.8. The molecular weight excluding hydrogens is 433 g/mol. The molecule has 1 N–H and O–H groups in total. The molecule has 4 aromatic rings. The molecule has 9 heteroatoms. The van der Waals surface area contributed by atoms with Gasteiger partial charge in [-0.25, -0.2) is 14.4 Å². The van der Waals surface area contributed by atoms with Gasteiger partial charge in [0.2, 0.25) is 5.88 Å². The molecule has 0 radical (unpaired) electrons. The molecule has 0 bridgehead atoms. The fraction of sp³-hybridized carbons (Fsp3) is 0.130. The minimum atomic E-state index is -0.687. The number of carbonyl (C=O) groups is 1. The minimum absolute atomic E-state index is 0.0423. The number of benzene rings is 2. The third-order valence-electron chi connectivity index (χ3n) is 4.82. The van der Waals surface area contributed by atoms with Gasteiger partial charge in [0.1, 0.15) is 29.5 Å². The van der Waals surface area contributed by atoms with E-state index in [4.69, 9.17) is 16.3 Å². The quantitative estimate of drug-likeness (QED) is 0.438. The Bertz CT molecular complexity index is 1280. The molecule has 0 aliphatic rings. The maximum absolute atomic E-state index is 13.9. The van der Waals surface area contributed by atoms with Crippen LogP contribution in [0.1, 0.15) is 27.6 Å². The van der Waals surface area contributed by atoms with E-state index in [1.807, 2.05) is 18.4 Å². The molecule has 2 aromatic carbocycles. The number of anilines is 1. The number of imidazole rings is 1. The summed E-state index contributed by atoms with van der Waals surface area (Å²) < 4.78 is 21.7. The lowest BCUT2D eigenvalue weighted by Crippen LogP contribution is -2.14. The smallest absolute Gasteiger partial charge is 0.260 e. The Balaban J connectivity index is 1.51. The summed E-state index contributed by atoms with van der Waals surface area (Å²) in [7, 11) is 0. The topological polar surface area (TPSA) is 81.9 Å². The van der Waals surface area contributed by atoms with Gasteiger partial charge in [-0.1, -0.05) is 17.7 Å². The van der Waals surface area contributed by atoms with E-state index in [-0.39, 0.29) is 10.6 Å². The highest BCUT2D eigenvalue weighted by atomic mass is 35.5. The molecule has 0 aliphatic carbocycles. The first-order valence-corrected chi connectivity index (χ1v) is 10.1. The van der Waals surface area contributed by atoms with E-state index in [1.165, 1.54) is 18.2 Å². The van der Waals surface area contributed by atoms with Gasteiger partial charge in [0, 0.05) is 17.4 Å². The van der Waals surface area contributed by atoms with Crippen LogP contribution in [0.5, 0.6) is 11.6 Å². The Hall–Kier alpha value is -3.78. The number of aromatic nitrogens is 4. The predicted octanol–water partition coefficient (Wildman–Crippen LogP) is 5.42. The summed E-state index contributed by atoms with van der Waals surface area (Å²) in [4.78, 5) is 25.5. The Kier molecular flexibility index (Phi) is 5.87. The van der Waals surface area contributed by atoms with Gasteiger partial charge in [-0.3, -0.25) is 9.36 Å². The summed E-state index contributed by atoms with van der Waals surface area (Å²) in [5.41, 5.74) is 2.15. The van der Waals surface area contributed by atoms with Crippen molar-refractivity contribution in [2.24, 2.45) is 0 Å². The molecule has 2 aromatic heterocycles. The van der Waals surface area contributed by atoms with Crippen LogP contribution in [0.3, 0.4) is 0 Å². The summed E-state index contributed by atoms with van der Waals surface area (Å²) in [6.07, 6.45) is 1.70. The predicted molar refractivity (Wildman–Crippen MR) is 119 cm³/mol. The number of amides is 1. The number of nitrogens with zero attached hydrogens (tertiary/aromatic N) is 4. The zero-order valence-electron chi connectivity index (χ0n) is 17.6. The zero-order valence-corrected chi connectivity index (χ0v) is 18.3. The first-order valence-electron chi connectivity index (χ1n) is 9.71. The SMILES string of the molecule is Cc1nc(Oc2ccc(NC(=O)c3c(F)cccc3Cl)cc2)cc(-n2cnc(C)c2C)n1. The summed E-state index contributed by atoms with van der Waals surface area (Å²) in [6.45, 7) is 5.67. The van der Waals surface area contributed by atoms with E-state index < -0.39 is 11.7 Å². The number of hydrogen-bond donors (Lipinski definition) is 1. The monoisotopic (exact) mass is 451 g/mol. The fourth-order valence-electron chi connectivity index (χ4n) is 3.07. The summed E-state index contributed by atoms with van der Waals surface area (Å²) in [5.74, 6) is 0.755. The maximum atomic E-state index is 13.9. The third kappa shape index (κ3) is 4.45. The first-order chi connectivity index (χ1) is 15.3. The largest absolute Gasteiger partial charge is 0.439 e. The van der Waals surface area contributed by atoms with E-state index in [0.717, 1.165) is 11.4 Å². The third-order valence-corrected chi connectivity index (χ3v) is 5.14. The molecule has 32 heavy (non-hydrogen) atoms. The Morgan fingerprint density at radius 3 is 2.50 bits per heavy atom. The summed E-state index contributed by atoms with van der Waals surface area (Å²) >= 11 is 5.95. The minimum Gasteiger partial charge on any atom is -0.439 e. The van der Waals surface area contributed by atoms with Crippen LogP contribution in [0, 0.1) is 26.6 Å². The van der Waals surface area contributed by atoms with E-state index in [1.54, 1.807) is 43.6 Å². The summed E-state index contributed by atoms with van der Waals surface area (Å²) in [5, 5.41) is 2.67. The molecule has 1 amide bonds. The number of carbonyl (C=O) groups excluding carboxylic acids is 1. The lowest BCUT2D eigenvalue weighted by Gasteiger charge is -2.11. The second-order valence-electron chi connectivity index (χ2n) is 7.07. The number of hydrogen-bond acceptors (Lipinski definition) is 5. The maximum Gasteiger partial charge on any atom is 0.260 e. The fourth-order valence-corrected chi connectivity index (χ4v) is 3.31. The van der Waals surface area contributed by atoms with Crippen molar-refractivity contribution in [1.82, 2.24) is 19.5 Å². The molecule has 0 saturated carbocycles. The molecule has 4 rings (SSSR count). The standard InChI is InChI=1S/C23H19ClFN5O2/c1-13-14(2)30(12-26-13)20-11-21(28-15(3)27-20)32-17-9-7-16(8-10-17)29-23(31)22-18(24)5-4-6-19(22)25/h4-12H,1-3H3,(H,29,31). The second-order valence-corrected chi connectivity index (χ2v) is 7.48. The molecule has 0 saturated heterocycles. The van der Waals surface area contributed by atoms with Crippen LogP contribution >= 0.6 is 11.6 Å². The van der Waals surface area contributed by atoms with Crippen LogP contribution in [0.15, 0.2) is 54.9 Å². The van der Waals surface area contributed by atoms with Crippen molar-refractivity contribution in [2.45, 2.75) is 20.8 Å². The average molecular weight is 452 g/mol. The molecule has 0 spiro atoms. The second kappa shape index (κ2) is 8.76. The Morgan fingerprint density at radius 1 is 1.09 bits per heavy atom. The van der Waals surface area contributed by atoms with Crippen molar-refractivity contribution < 1.29 is 13.9 Å². The van der Waals surface area contributed by atoms with Gasteiger partial charge < -0.3 is 10.1 Å². The van der Waals surface area contributed by atoms with Crippen molar-refractivity contribution in [3.63, 3.8) is 0 Å². The van der Waals surface area contributed by atoms with Gasteiger partial charge in [0.15, 0.2) is 0 Å². The van der Waals surface area contributed by atoms with Crippen LogP contribution in [-0.2, 0) is 0 Å². The van der Waals surface area contributed by atoms with Crippen molar-refractivity contribution in [3.05, 3.63) is 88.5 Å². The van der Waals surface area contributed by atoms with Gasteiger partial charge in [-0.15, -0.1) is 0 Å². The van der Waals surface area contributed by atoms with Crippen LogP contribution in [0.4, 0.5) is 10.1 Å². The molecule has 7 nitrogen and oxygen atoms in total. The lowest BCUT2D eigenvalue weighted by molar-refractivity contribution is 0.102. The van der Waals surface area contributed by atoms with E-state index in [0.29, 0.717) is 29.0 Å². The molecule has 0 unspecified atom stereocenters. The van der Waals surface area contributed by atoms with Crippen molar-refractivity contribution in [3.8, 4) is 17.4 Å². The van der Waals surface area contributed by atoms with E-state index in [2.05, 4.69) is 20.3 Å². The van der Waals surface area contributed by atoms with Crippen LogP contribution in [-0.4, -0.2) is 25.4 Å². The number of nitrogens with one attached hydrogen (secondary N) is 1. The number of halogens is 2. The Morgan fingerprint density at radius 2 is 1.84 bits per heavy atom. The van der Waals surface area contributed by atoms with Crippen LogP contribution in [0.2, 0.25) is 5.02 Å². The lowest BCUT2D eigenvalue weighted by atomic mass is 10.2. The number of aryl methyl sites for hydroxylation is 2. The van der Waals surface area contributed by atoms with Gasteiger partial charge in [-0.05, 0) is 57.2 Å². The van der Waals surface area contributed by atoms with Crippen LogP contribution < -0.4 is 10.1 Å². The molecule has 0 fully saturated rings. The molecular formula is C23H19ClFN5O2. The van der Waals surface area contributed by atoms with Gasteiger partial charge in [0.05, 0.1) is 16.3 Å². The van der Waals surface area contributed by atoms with E-state index >= 15 is 0 Å². The first kappa shape index (κ1) is 21.5. The average Bonchev–Trinajstić information content (AvgIpc) is 3.07. The van der Waals surface area contributed by atoms with Gasteiger partial charge in [0.25, 0.3) is 5.91 Å².